The molecule has 3 rings (SSSR count). The van der Waals surface area contributed by atoms with E-state index in [-0.39, 0.29) is 12.4 Å². The molecule has 0 saturated heterocycles. The van der Waals surface area contributed by atoms with Crippen molar-refractivity contribution in [3.63, 3.8) is 0 Å². The van der Waals surface area contributed by atoms with Crippen molar-refractivity contribution >= 4 is 5.97 Å². The number of hydrogen-bond donors (Lipinski definition) is 2. The van der Waals surface area contributed by atoms with Crippen LogP contribution in [0.25, 0.3) is 11.3 Å². The first-order valence-corrected chi connectivity index (χ1v) is 8.09. The fraction of sp³-hybridized carbons (Fsp3) is 0.368. The van der Waals surface area contributed by atoms with E-state index in [1.807, 2.05) is 6.92 Å². The molecule has 0 unspecified atom stereocenters. The third-order valence-corrected chi connectivity index (χ3v) is 4.90. The fourth-order valence-electron chi connectivity index (χ4n) is 2.82. The molecule has 1 aliphatic rings. The van der Waals surface area contributed by atoms with Gasteiger partial charge in [-0.1, -0.05) is 6.92 Å². The predicted octanol–water partition coefficient (Wildman–Crippen LogP) is 3.24. The zero-order chi connectivity index (χ0) is 18.4. The van der Waals surface area contributed by atoms with E-state index < -0.39 is 17.0 Å². The summed E-state index contributed by atoms with van der Waals surface area (Å²) in [6, 6.07) is 7.33. The number of fused-ring (bicyclic) bond motifs is 1. The molecule has 1 aromatic heterocycles. The van der Waals surface area contributed by atoms with Crippen LogP contribution in [0.3, 0.4) is 0 Å². The van der Waals surface area contributed by atoms with Crippen LogP contribution in [0.1, 0.15) is 38.4 Å². The van der Waals surface area contributed by atoms with Gasteiger partial charge in [-0.2, -0.15) is 0 Å². The molecule has 2 N–H and O–H groups in total. The third-order valence-electron chi connectivity index (χ3n) is 4.90. The van der Waals surface area contributed by atoms with E-state index in [2.05, 4.69) is 4.98 Å². The highest BCUT2D eigenvalue weighted by Gasteiger charge is 2.46. The fourth-order valence-corrected chi connectivity index (χ4v) is 2.82. The van der Waals surface area contributed by atoms with Gasteiger partial charge in [0.2, 0.25) is 0 Å². The Kier molecular flexibility index (Phi) is 4.03. The minimum absolute atomic E-state index is 0.0226. The molecule has 1 aliphatic heterocycles. The van der Waals surface area contributed by atoms with Gasteiger partial charge >= 0.3 is 5.97 Å². The maximum atomic E-state index is 13.3. The van der Waals surface area contributed by atoms with Crippen molar-refractivity contribution in [1.29, 1.82) is 0 Å². The topological polar surface area (TPSA) is 79.7 Å². The molecule has 5 nitrogen and oxygen atoms in total. The molecule has 0 bridgehead atoms. The van der Waals surface area contributed by atoms with E-state index in [0.29, 0.717) is 34.7 Å². The van der Waals surface area contributed by atoms with Crippen molar-refractivity contribution in [1.82, 2.24) is 4.98 Å². The van der Waals surface area contributed by atoms with Crippen LogP contribution in [0.15, 0.2) is 30.3 Å². The monoisotopic (exact) mass is 345 g/mol. The largest absolute Gasteiger partial charge is 0.489 e. The average molecular weight is 345 g/mol. The Labute approximate surface area is 145 Å². The molecule has 0 aliphatic carbocycles. The van der Waals surface area contributed by atoms with E-state index in [1.165, 1.54) is 12.1 Å². The van der Waals surface area contributed by atoms with Crippen LogP contribution in [0.5, 0.6) is 5.75 Å². The lowest BCUT2D eigenvalue weighted by atomic mass is 9.82. The molecule has 0 amide bonds. The van der Waals surface area contributed by atoms with Crippen LogP contribution in [0, 0.1) is 5.82 Å². The lowest BCUT2D eigenvalue weighted by molar-refractivity contribution is -0.143. The van der Waals surface area contributed by atoms with E-state index in [4.69, 9.17) is 4.74 Å². The summed E-state index contributed by atoms with van der Waals surface area (Å²) in [5.41, 5.74) is -0.603. The number of carbonyl (C=O) groups is 1. The van der Waals surface area contributed by atoms with Crippen molar-refractivity contribution < 1.29 is 24.1 Å². The smallest absolute Gasteiger partial charge is 0.317 e. The Hall–Kier alpha value is -2.47. The number of aliphatic hydroxyl groups is 1. The van der Waals surface area contributed by atoms with Crippen LogP contribution >= 0.6 is 0 Å². The van der Waals surface area contributed by atoms with Gasteiger partial charge in [-0.05, 0) is 50.6 Å². The van der Waals surface area contributed by atoms with Gasteiger partial charge in [0.15, 0.2) is 0 Å². The van der Waals surface area contributed by atoms with Gasteiger partial charge in [-0.3, -0.25) is 4.79 Å². The third kappa shape index (κ3) is 2.76. The number of halogens is 1. The molecule has 132 valence electrons. The molecule has 0 saturated carbocycles. The first-order chi connectivity index (χ1) is 11.7. The van der Waals surface area contributed by atoms with Crippen molar-refractivity contribution in [2.45, 2.75) is 38.2 Å². The highest BCUT2D eigenvalue weighted by atomic mass is 19.1. The normalized spacial score (nSPS) is 21.3. The summed E-state index contributed by atoms with van der Waals surface area (Å²) in [7, 11) is 0. The average Bonchev–Trinajstić information content (AvgIpc) is 2.93. The van der Waals surface area contributed by atoms with Crippen molar-refractivity contribution in [3.8, 4) is 17.0 Å². The molecule has 6 heteroatoms. The summed E-state index contributed by atoms with van der Waals surface area (Å²) in [5.74, 6) is -1.02. The molecule has 2 aromatic rings. The number of nitrogens with zero attached hydrogens (tertiary/aromatic N) is 1. The maximum absolute atomic E-state index is 13.3. The number of hydrogen-bond acceptors (Lipinski definition) is 4. The molecule has 2 atom stereocenters. The minimum Gasteiger partial charge on any atom is -0.489 e. The lowest BCUT2D eigenvalue weighted by Gasteiger charge is -2.24. The van der Waals surface area contributed by atoms with E-state index >= 15 is 0 Å². The molecule has 0 radical (unpaired) electrons. The number of pyridine rings is 1. The Balaban J connectivity index is 2.29. The summed E-state index contributed by atoms with van der Waals surface area (Å²) in [6.45, 7) is 5.01. The Morgan fingerprint density at radius 1 is 1.40 bits per heavy atom. The molecular weight excluding hydrogens is 325 g/mol. The van der Waals surface area contributed by atoms with E-state index in [0.717, 1.165) is 0 Å². The Morgan fingerprint density at radius 3 is 2.60 bits per heavy atom. The zero-order valence-electron chi connectivity index (χ0n) is 14.3. The summed E-state index contributed by atoms with van der Waals surface area (Å²) in [4.78, 5) is 16.3. The minimum atomic E-state index is -1.23. The van der Waals surface area contributed by atoms with Gasteiger partial charge in [0, 0.05) is 11.1 Å². The molecular formula is C19H20FNO4. The second-order valence-corrected chi connectivity index (χ2v) is 6.79. The van der Waals surface area contributed by atoms with Crippen LogP contribution < -0.4 is 4.74 Å². The van der Waals surface area contributed by atoms with Gasteiger partial charge in [0.05, 0.1) is 5.69 Å². The summed E-state index contributed by atoms with van der Waals surface area (Å²) >= 11 is 0. The second-order valence-electron chi connectivity index (χ2n) is 6.79. The number of benzene rings is 1. The van der Waals surface area contributed by atoms with Crippen molar-refractivity contribution in [2.75, 3.05) is 6.61 Å². The molecule has 0 spiro atoms. The second kappa shape index (κ2) is 5.81. The molecule has 0 fully saturated rings. The lowest BCUT2D eigenvalue weighted by Crippen LogP contribution is -2.34. The van der Waals surface area contributed by atoms with Crippen LogP contribution in [0.2, 0.25) is 0 Å². The Bertz CT molecular complexity index is 832. The van der Waals surface area contributed by atoms with Crippen LogP contribution in [0.4, 0.5) is 4.39 Å². The van der Waals surface area contributed by atoms with Crippen LogP contribution in [-0.4, -0.2) is 27.8 Å². The van der Waals surface area contributed by atoms with Gasteiger partial charge in [-0.25, -0.2) is 9.37 Å². The number of carboxylic acids is 1. The number of aliphatic carboxylic acids is 1. The van der Waals surface area contributed by atoms with Crippen molar-refractivity contribution in [2.24, 2.45) is 0 Å². The summed E-state index contributed by atoms with van der Waals surface area (Å²) in [6.07, 6.45) is 0.409. The quantitative estimate of drug-likeness (QED) is 0.889. The van der Waals surface area contributed by atoms with E-state index in [1.54, 1.807) is 32.0 Å². The molecule has 1 aromatic carbocycles. The first-order valence-electron chi connectivity index (χ1n) is 8.09. The van der Waals surface area contributed by atoms with Gasteiger partial charge in [0.1, 0.15) is 34.9 Å². The van der Waals surface area contributed by atoms with E-state index in [9.17, 15) is 19.4 Å². The van der Waals surface area contributed by atoms with Gasteiger partial charge in [0.25, 0.3) is 0 Å². The highest BCUT2D eigenvalue weighted by Crippen LogP contribution is 2.45. The molecule has 2 heterocycles. The number of rotatable bonds is 4. The van der Waals surface area contributed by atoms with Gasteiger partial charge in [-0.15, -0.1) is 0 Å². The highest BCUT2D eigenvalue weighted by molar-refractivity contribution is 5.85. The number of carboxylic acid groups (broad SMARTS) is 1. The van der Waals surface area contributed by atoms with Crippen LogP contribution in [-0.2, 0) is 15.8 Å². The van der Waals surface area contributed by atoms with Gasteiger partial charge < -0.3 is 14.9 Å². The summed E-state index contributed by atoms with van der Waals surface area (Å²) in [5, 5.41) is 20.3. The number of aromatic nitrogens is 1. The first kappa shape index (κ1) is 17.4. The summed E-state index contributed by atoms with van der Waals surface area (Å²) < 4.78 is 18.9. The SMILES string of the molecule is CC[C@](C)(O)c1cc2c(c(-c3ccc(F)cc3)n1)OC[C@]2(C)C(=O)O. The number of ether oxygens (including phenoxy) is 1. The predicted molar refractivity (Wildman–Crippen MR) is 90.0 cm³/mol. The zero-order valence-corrected chi connectivity index (χ0v) is 14.3. The standard InChI is InChI=1S/C19H20FNO4/c1-4-19(3,24)14-9-13-16(25-10-18(13,2)17(22)23)15(21-14)11-5-7-12(20)8-6-11/h5-9,24H,4,10H2,1-3H3,(H,22,23)/t18-,19-/m0/s1. The maximum Gasteiger partial charge on any atom is 0.317 e. The Morgan fingerprint density at radius 2 is 2.04 bits per heavy atom. The molecule has 25 heavy (non-hydrogen) atoms. The van der Waals surface area contributed by atoms with Crippen molar-refractivity contribution in [3.05, 3.63) is 47.4 Å².